The minimum absolute atomic E-state index is 0.161. The lowest BCUT2D eigenvalue weighted by atomic mass is 9.85. The van der Waals surface area contributed by atoms with Gasteiger partial charge in [0.15, 0.2) is 0 Å². The molecule has 0 aliphatic carbocycles. The molecule has 0 radical (unpaired) electrons. The summed E-state index contributed by atoms with van der Waals surface area (Å²) in [5.41, 5.74) is 3.08. The zero-order chi connectivity index (χ0) is 22.4. The largest absolute Gasteiger partial charge is 0.340 e. The fourth-order valence-corrected chi connectivity index (χ4v) is 5.20. The van der Waals surface area contributed by atoms with E-state index >= 15 is 0 Å². The number of hydrogen-bond acceptors (Lipinski definition) is 5. The van der Waals surface area contributed by atoms with E-state index in [1.54, 1.807) is 12.4 Å². The van der Waals surface area contributed by atoms with Crippen molar-refractivity contribution in [2.24, 2.45) is 7.05 Å². The molecule has 4 heterocycles. The molecule has 5 rings (SSSR count). The number of piperidine rings is 2. The molecule has 1 aromatic heterocycles. The standard InChI is InChI=1S/C23H26FN5O3/c1-27-10-16(25-13-27)11-28-6-4-14(5-7-28)17-8-15(24)9-18-19(17)12-29(23(18)32)20-2-3-21(30)26-22(20)31/h8-10,13-14,20H,2-7,11-12H2,1H3,(H,26,30,31). The van der Waals surface area contributed by atoms with Crippen molar-refractivity contribution in [3.63, 3.8) is 0 Å². The first kappa shape index (κ1) is 20.8. The van der Waals surface area contributed by atoms with Crippen molar-refractivity contribution in [2.75, 3.05) is 13.1 Å². The van der Waals surface area contributed by atoms with Gasteiger partial charge in [-0.1, -0.05) is 0 Å². The summed E-state index contributed by atoms with van der Waals surface area (Å²) in [5, 5.41) is 2.31. The average molecular weight is 439 g/mol. The second-order valence-corrected chi connectivity index (χ2v) is 9.00. The molecule has 0 saturated carbocycles. The van der Waals surface area contributed by atoms with E-state index in [-0.39, 0.29) is 30.7 Å². The van der Waals surface area contributed by atoms with Crippen LogP contribution < -0.4 is 5.32 Å². The quantitative estimate of drug-likeness (QED) is 0.733. The highest BCUT2D eigenvalue weighted by molar-refractivity contribution is 6.05. The number of nitrogens with one attached hydrogen (secondary N) is 1. The van der Waals surface area contributed by atoms with Gasteiger partial charge in [-0.05, 0) is 61.5 Å². The van der Waals surface area contributed by atoms with E-state index in [1.165, 1.54) is 11.0 Å². The van der Waals surface area contributed by atoms with Gasteiger partial charge in [0, 0.05) is 38.3 Å². The molecule has 3 amide bonds. The first-order valence-electron chi connectivity index (χ1n) is 11.0. The molecular weight excluding hydrogens is 413 g/mol. The van der Waals surface area contributed by atoms with Gasteiger partial charge in [-0.2, -0.15) is 0 Å². The van der Waals surface area contributed by atoms with Gasteiger partial charge < -0.3 is 9.47 Å². The van der Waals surface area contributed by atoms with Gasteiger partial charge in [-0.15, -0.1) is 0 Å². The first-order valence-corrected chi connectivity index (χ1v) is 11.0. The van der Waals surface area contributed by atoms with E-state index in [2.05, 4.69) is 15.2 Å². The first-order chi connectivity index (χ1) is 15.4. The van der Waals surface area contributed by atoms with Crippen molar-refractivity contribution in [1.82, 2.24) is 24.7 Å². The number of carbonyl (C=O) groups is 3. The highest BCUT2D eigenvalue weighted by Gasteiger charge is 2.41. The average Bonchev–Trinajstić information content (AvgIpc) is 3.31. The summed E-state index contributed by atoms with van der Waals surface area (Å²) >= 11 is 0. The van der Waals surface area contributed by atoms with E-state index in [0.717, 1.165) is 49.3 Å². The maximum Gasteiger partial charge on any atom is 0.255 e. The molecule has 32 heavy (non-hydrogen) atoms. The molecule has 8 nitrogen and oxygen atoms in total. The Bertz CT molecular complexity index is 1090. The fraction of sp³-hybridized carbons (Fsp3) is 0.478. The fourth-order valence-electron chi connectivity index (χ4n) is 5.20. The topological polar surface area (TPSA) is 87.5 Å². The predicted molar refractivity (Wildman–Crippen MR) is 113 cm³/mol. The third-order valence-electron chi connectivity index (χ3n) is 6.83. The molecule has 2 saturated heterocycles. The van der Waals surface area contributed by atoms with Crippen LogP contribution in [0.25, 0.3) is 0 Å². The molecule has 0 spiro atoms. The second kappa shape index (κ2) is 8.12. The van der Waals surface area contributed by atoms with Crippen LogP contribution >= 0.6 is 0 Å². The summed E-state index contributed by atoms with van der Waals surface area (Å²) in [6.45, 7) is 2.81. The van der Waals surface area contributed by atoms with Gasteiger partial charge in [0.1, 0.15) is 11.9 Å². The second-order valence-electron chi connectivity index (χ2n) is 9.00. The maximum atomic E-state index is 14.5. The van der Waals surface area contributed by atoms with Crippen LogP contribution in [0.2, 0.25) is 0 Å². The van der Waals surface area contributed by atoms with E-state index in [9.17, 15) is 18.8 Å². The van der Waals surface area contributed by atoms with E-state index in [0.29, 0.717) is 12.0 Å². The van der Waals surface area contributed by atoms with Crippen molar-refractivity contribution < 1.29 is 18.8 Å². The van der Waals surface area contributed by atoms with Crippen LogP contribution in [0.5, 0.6) is 0 Å². The van der Waals surface area contributed by atoms with Crippen LogP contribution in [0.1, 0.15) is 58.8 Å². The van der Waals surface area contributed by atoms with Gasteiger partial charge in [0.05, 0.1) is 12.0 Å². The Morgan fingerprint density at radius 1 is 1.16 bits per heavy atom. The maximum absolute atomic E-state index is 14.5. The normalized spacial score (nSPS) is 22.4. The van der Waals surface area contributed by atoms with Crippen molar-refractivity contribution in [3.05, 3.63) is 52.9 Å². The highest BCUT2D eigenvalue weighted by Crippen LogP contribution is 2.37. The summed E-state index contributed by atoms with van der Waals surface area (Å²) in [6, 6.07) is 2.14. The zero-order valence-electron chi connectivity index (χ0n) is 18.0. The summed E-state index contributed by atoms with van der Waals surface area (Å²) in [5.74, 6) is -1.36. The van der Waals surface area contributed by atoms with Gasteiger partial charge in [0.2, 0.25) is 11.8 Å². The van der Waals surface area contributed by atoms with Crippen molar-refractivity contribution in [3.8, 4) is 0 Å². The number of halogens is 1. The lowest BCUT2D eigenvalue weighted by Gasteiger charge is -2.33. The molecule has 1 atom stereocenters. The van der Waals surface area contributed by atoms with Crippen molar-refractivity contribution >= 4 is 17.7 Å². The van der Waals surface area contributed by atoms with Gasteiger partial charge in [-0.25, -0.2) is 9.37 Å². The lowest BCUT2D eigenvalue weighted by Crippen LogP contribution is -2.52. The Kier molecular flexibility index (Phi) is 5.28. The predicted octanol–water partition coefficient (Wildman–Crippen LogP) is 1.70. The van der Waals surface area contributed by atoms with Gasteiger partial charge in [0.25, 0.3) is 5.91 Å². The SMILES string of the molecule is Cn1cnc(CN2CCC(c3cc(F)cc4c3CN(C3CCC(=O)NC3=O)C4=O)CC2)c1. The number of benzene rings is 1. The summed E-state index contributed by atoms with van der Waals surface area (Å²) in [6.07, 6.45) is 6.05. The molecule has 168 valence electrons. The third-order valence-corrected chi connectivity index (χ3v) is 6.83. The number of nitrogens with zero attached hydrogens (tertiary/aromatic N) is 4. The number of rotatable bonds is 4. The number of imidazole rings is 1. The van der Waals surface area contributed by atoms with Crippen molar-refractivity contribution in [2.45, 2.75) is 50.7 Å². The molecule has 9 heteroatoms. The third kappa shape index (κ3) is 3.81. The van der Waals surface area contributed by atoms with Crippen LogP contribution in [0.15, 0.2) is 24.7 Å². The number of amides is 3. The minimum Gasteiger partial charge on any atom is -0.340 e. The molecular formula is C23H26FN5O3. The molecule has 0 bridgehead atoms. The number of aromatic nitrogens is 2. The summed E-state index contributed by atoms with van der Waals surface area (Å²) in [7, 11) is 1.95. The van der Waals surface area contributed by atoms with Gasteiger partial charge >= 0.3 is 0 Å². The van der Waals surface area contributed by atoms with Crippen LogP contribution in [-0.4, -0.2) is 56.2 Å². The number of aryl methyl sites for hydroxylation is 1. The summed E-state index contributed by atoms with van der Waals surface area (Å²) in [4.78, 5) is 45.1. The molecule has 3 aliphatic heterocycles. The van der Waals surface area contributed by atoms with E-state index < -0.39 is 17.8 Å². The Labute approximate surface area is 185 Å². The highest BCUT2D eigenvalue weighted by atomic mass is 19.1. The Morgan fingerprint density at radius 3 is 2.62 bits per heavy atom. The molecule has 1 aromatic carbocycles. The molecule has 2 aromatic rings. The van der Waals surface area contributed by atoms with E-state index in [4.69, 9.17) is 0 Å². The van der Waals surface area contributed by atoms with Gasteiger partial charge in [-0.3, -0.25) is 24.6 Å². The molecule has 3 aliphatic rings. The molecule has 2 fully saturated rings. The number of likely N-dealkylation sites (tertiary alicyclic amines) is 1. The Hall–Kier alpha value is -3.07. The van der Waals surface area contributed by atoms with Crippen LogP contribution in [0.3, 0.4) is 0 Å². The smallest absolute Gasteiger partial charge is 0.255 e. The number of hydrogen-bond donors (Lipinski definition) is 1. The molecule has 1 unspecified atom stereocenters. The number of imide groups is 1. The Morgan fingerprint density at radius 2 is 1.94 bits per heavy atom. The number of fused-ring (bicyclic) bond motifs is 1. The van der Waals surface area contributed by atoms with Crippen LogP contribution in [0, 0.1) is 5.82 Å². The minimum atomic E-state index is -0.691. The van der Waals surface area contributed by atoms with Crippen LogP contribution in [-0.2, 0) is 29.7 Å². The Balaban J connectivity index is 1.32. The molecule has 1 N–H and O–H groups in total. The zero-order valence-corrected chi connectivity index (χ0v) is 18.0. The van der Waals surface area contributed by atoms with Crippen LogP contribution in [0.4, 0.5) is 4.39 Å². The number of carbonyl (C=O) groups excluding carboxylic acids is 3. The lowest BCUT2D eigenvalue weighted by molar-refractivity contribution is -0.136. The summed E-state index contributed by atoms with van der Waals surface area (Å²) < 4.78 is 16.4. The monoisotopic (exact) mass is 439 g/mol. The van der Waals surface area contributed by atoms with Crippen molar-refractivity contribution in [1.29, 1.82) is 0 Å². The van der Waals surface area contributed by atoms with E-state index in [1.807, 2.05) is 17.8 Å².